The van der Waals surface area contributed by atoms with Crippen molar-refractivity contribution in [2.75, 3.05) is 14.2 Å². The van der Waals surface area contributed by atoms with Crippen LogP contribution in [-0.2, 0) is 0 Å². The van der Waals surface area contributed by atoms with Crippen LogP contribution in [0.2, 0.25) is 0 Å². The Morgan fingerprint density at radius 2 is 2.04 bits per heavy atom. The summed E-state index contributed by atoms with van der Waals surface area (Å²) in [4.78, 5) is 30.2. The summed E-state index contributed by atoms with van der Waals surface area (Å²) in [6, 6.07) is 1.71. The van der Waals surface area contributed by atoms with E-state index in [0.717, 1.165) is 0 Å². The van der Waals surface area contributed by atoms with Crippen LogP contribution in [0.1, 0.15) is 18.0 Å². The van der Waals surface area contributed by atoms with Gasteiger partial charge in [-0.15, -0.1) is 6.58 Å². The molecule has 132 valence electrons. The lowest BCUT2D eigenvalue weighted by Gasteiger charge is -2.17. The van der Waals surface area contributed by atoms with Crippen LogP contribution in [-0.4, -0.2) is 40.3 Å². The number of carboxylic acid groups (broad SMARTS) is 1. The minimum absolute atomic E-state index is 0.0629. The summed E-state index contributed by atoms with van der Waals surface area (Å²) in [5.74, 6) is 0.144. The fourth-order valence-electron chi connectivity index (χ4n) is 2.36. The monoisotopic (exact) mass is 348 g/mol. The minimum Gasteiger partial charge on any atom is -0.477 e. The number of hydrogen-bond donors (Lipinski definition) is 2. The smallest absolute Gasteiger partial charge is 0.405 e. The number of nitro groups is 1. The number of nitrogens with zero attached hydrogens (tertiary/aromatic N) is 3. The van der Waals surface area contributed by atoms with Gasteiger partial charge in [0.15, 0.2) is 0 Å². The summed E-state index contributed by atoms with van der Waals surface area (Å²) < 4.78 is 10.2. The van der Waals surface area contributed by atoms with Crippen molar-refractivity contribution in [1.82, 2.24) is 15.3 Å². The third-order valence-electron chi connectivity index (χ3n) is 3.40. The van der Waals surface area contributed by atoms with Gasteiger partial charge in [0.05, 0.1) is 30.7 Å². The lowest BCUT2D eigenvalue weighted by Crippen LogP contribution is -2.26. The molecule has 1 amide bonds. The van der Waals surface area contributed by atoms with Crippen molar-refractivity contribution in [3.63, 3.8) is 0 Å². The van der Waals surface area contributed by atoms with E-state index in [1.165, 1.54) is 32.4 Å². The zero-order valence-corrected chi connectivity index (χ0v) is 13.6. The van der Waals surface area contributed by atoms with Crippen LogP contribution < -0.4 is 14.8 Å². The summed E-state index contributed by atoms with van der Waals surface area (Å²) in [6.07, 6.45) is 0.429. The van der Waals surface area contributed by atoms with Gasteiger partial charge in [-0.25, -0.2) is 14.8 Å². The lowest BCUT2D eigenvalue weighted by molar-refractivity contribution is -0.384. The van der Waals surface area contributed by atoms with Crippen molar-refractivity contribution in [3.05, 3.63) is 40.5 Å². The second kappa shape index (κ2) is 7.43. The highest BCUT2D eigenvalue weighted by molar-refractivity contribution is 5.83. The number of nitro benzene ring substituents is 1. The van der Waals surface area contributed by atoms with E-state index in [-0.39, 0.29) is 34.9 Å². The largest absolute Gasteiger partial charge is 0.477 e. The maximum absolute atomic E-state index is 11.2. The second-order valence-electron chi connectivity index (χ2n) is 4.93. The predicted octanol–water partition coefficient (Wildman–Crippen LogP) is 2.44. The molecule has 0 radical (unpaired) electrons. The number of nitrogens with one attached hydrogen (secondary N) is 1. The number of hydrogen-bond acceptors (Lipinski definition) is 7. The first-order valence-electron chi connectivity index (χ1n) is 7.09. The highest BCUT2D eigenvalue weighted by Gasteiger charge is 2.23. The van der Waals surface area contributed by atoms with E-state index in [1.807, 2.05) is 0 Å². The first-order valence-corrected chi connectivity index (χ1v) is 7.09. The molecule has 1 unspecified atom stereocenters. The van der Waals surface area contributed by atoms with Gasteiger partial charge in [0.25, 0.3) is 17.4 Å². The van der Waals surface area contributed by atoms with E-state index < -0.39 is 17.1 Å². The normalized spacial score (nSPS) is 11.6. The number of amides is 1. The van der Waals surface area contributed by atoms with Gasteiger partial charge in [-0.3, -0.25) is 10.1 Å². The zero-order valence-electron chi connectivity index (χ0n) is 13.6. The lowest BCUT2D eigenvalue weighted by atomic mass is 10.0. The molecule has 10 heteroatoms. The molecule has 0 spiro atoms. The number of aromatic nitrogens is 2. The summed E-state index contributed by atoms with van der Waals surface area (Å²) >= 11 is 0. The molecule has 25 heavy (non-hydrogen) atoms. The van der Waals surface area contributed by atoms with E-state index in [4.69, 9.17) is 14.6 Å². The molecule has 0 bridgehead atoms. The summed E-state index contributed by atoms with van der Waals surface area (Å²) in [5.41, 5.74) is 0.497. The Balaban J connectivity index is 2.79. The number of benzene rings is 1. The van der Waals surface area contributed by atoms with Crippen molar-refractivity contribution in [2.45, 2.75) is 12.5 Å². The molecule has 1 aromatic carbocycles. The molecule has 1 atom stereocenters. The van der Waals surface area contributed by atoms with E-state index in [0.29, 0.717) is 5.56 Å². The van der Waals surface area contributed by atoms with Crippen LogP contribution >= 0.6 is 0 Å². The van der Waals surface area contributed by atoms with Crippen molar-refractivity contribution in [3.8, 4) is 11.8 Å². The molecule has 0 aliphatic rings. The van der Waals surface area contributed by atoms with Gasteiger partial charge in [-0.2, -0.15) is 0 Å². The summed E-state index contributed by atoms with van der Waals surface area (Å²) in [5, 5.41) is 22.6. The van der Waals surface area contributed by atoms with Gasteiger partial charge >= 0.3 is 6.09 Å². The van der Waals surface area contributed by atoms with Crippen molar-refractivity contribution in [1.29, 1.82) is 0 Å². The molecule has 2 rings (SSSR count). The zero-order chi connectivity index (χ0) is 18.6. The third kappa shape index (κ3) is 3.74. The van der Waals surface area contributed by atoms with Gasteiger partial charge in [0.1, 0.15) is 5.52 Å². The molecule has 1 heterocycles. The van der Waals surface area contributed by atoms with Crippen LogP contribution in [0.3, 0.4) is 0 Å². The fraction of sp³-hybridized carbons (Fsp3) is 0.267. The maximum Gasteiger partial charge on any atom is 0.405 e. The van der Waals surface area contributed by atoms with E-state index in [1.54, 1.807) is 0 Å². The molecule has 0 aliphatic carbocycles. The molecule has 0 aliphatic heterocycles. The molecule has 2 aromatic rings. The van der Waals surface area contributed by atoms with E-state index in [9.17, 15) is 14.9 Å². The molecule has 2 N–H and O–H groups in total. The number of rotatable bonds is 7. The Morgan fingerprint density at radius 3 is 2.56 bits per heavy atom. The Labute approximate surface area is 142 Å². The second-order valence-corrected chi connectivity index (χ2v) is 4.93. The standard InChI is InChI=1S/C15H16N4O6/c1-4-5-10(17-15(20)21)9-6-8(19(22)23)7-11-12(9)18-14(25-3)13(16-11)24-2/h4,6-7,10,17H,1,5H2,2-3H3,(H,20,21). The summed E-state index contributed by atoms with van der Waals surface area (Å²) in [6.45, 7) is 3.58. The topological polar surface area (TPSA) is 137 Å². The van der Waals surface area contributed by atoms with E-state index in [2.05, 4.69) is 21.9 Å². The van der Waals surface area contributed by atoms with Crippen LogP contribution in [0.25, 0.3) is 11.0 Å². The van der Waals surface area contributed by atoms with Gasteiger partial charge in [-0.05, 0) is 6.42 Å². The molecular weight excluding hydrogens is 332 g/mol. The molecule has 0 saturated heterocycles. The number of fused-ring (bicyclic) bond motifs is 1. The molecular formula is C15H16N4O6. The maximum atomic E-state index is 11.2. The number of carbonyl (C=O) groups is 1. The average molecular weight is 348 g/mol. The van der Waals surface area contributed by atoms with Crippen LogP contribution in [0.15, 0.2) is 24.8 Å². The molecule has 0 fully saturated rings. The Hall–Kier alpha value is -3.43. The first kappa shape index (κ1) is 17.9. The van der Waals surface area contributed by atoms with Gasteiger partial charge < -0.3 is 19.9 Å². The van der Waals surface area contributed by atoms with Crippen LogP contribution in [0, 0.1) is 10.1 Å². The number of non-ortho nitro benzene ring substituents is 1. The summed E-state index contributed by atoms with van der Waals surface area (Å²) in [7, 11) is 2.74. The molecule has 0 saturated carbocycles. The Kier molecular flexibility index (Phi) is 5.32. The van der Waals surface area contributed by atoms with Crippen molar-refractivity contribution >= 4 is 22.8 Å². The predicted molar refractivity (Wildman–Crippen MR) is 88.0 cm³/mol. The van der Waals surface area contributed by atoms with Crippen molar-refractivity contribution in [2.24, 2.45) is 0 Å². The minimum atomic E-state index is -1.28. The molecule has 10 nitrogen and oxygen atoms in total. The average Bonchev–Trinajstić information content (AvgIpc) is 2.58. The van der Waals surface area contributed by atoms with Crippen molar-refractivity contribution < 1.29 is 24.3 Å². The highest BCUT2D eigenvalue weighted by atomic mass is 16.6. The number of methoxy groups -OCH3 is 2. The fourth-order valence-corrected chi connectivity index (χ4v) is 2.36. The van der Waals surface area contributed by atoms with Crippen LogP contribution in [0.4, 0.5) is 10.5 Å². The SMILES string of the molecule is C=CCC(NC(=O)O)c1cc([N+](=O)[O-])cc2nc(OC)c(OC)nc12. The van der Waals surface area contributed by atoms with Gasteiger partial charge in [0, 0.05) is 17.7 Å². The Morgan fingerprint density at radius 1 is 1.40 bits per heavy atom. The number of ether oxygens (including phenoxy) is 2. The highest BCUT2D eigenvalue weighted by Crippen LogP contribution is 2.33. The van der Waals surface area contributed by atoms with Gasteiger partial charge in [0.2, 0.25) is 0 Å². The van der Waals surface area contributed by atoms with Crippen LogP contribution in [0.5, 0.6) is 11.8 Å². The van der Waals surface area contributed by atoms with Gasteiger partial charge in [-0.1, -0.05) is 6.08 Å². The molecule has 1 aromatic heterocycles. The third-order valence-corrected chi connectivity index (χ3v) is 3.40. The Bertz CT molecular complexity index is 838. The first-order chi connectivity index (χ1) is 11.9. The van der Waals surface area contributed by atoms with E-state index >= 15 is 0 Å². The quantitative estimate of drug-likeness (QED) is 0.442.